The number of likely N-dealkylation sites (tertiary alicyclic amines) is 1. The van der Waals surface area contributed by atoms with Gasteiger partial charge in [-0.2, -0.15) is 0 Å². The number of aromatic nitrogens is 1. The third-order valence-electron chi connectivity index (χ3n) is 6.62. The number of aryl methyl sites for hydroxylation is 2. The van der Waals surface area contributed by atoms with E-state index in [0.717, 1.165) is 55.6 Å². The summed E-state index contributed by atoms with van der Waals surface area (Å²) in [6.45, 7) is 7.59. The Hall–Kier alpha value is -2.31. The standard InChI is InChI=1S/C21H29N3O4/c1-12-7-9-23(10-8-12)21(26)24-15-5-6-17(24)19(20(25)27-4)16(11-15)18-13(2)22-28-14(18)3/h12,15,17H,5-11H2,1-4H3/t15-,17+/m0/s1. The summed E-state index contributed by atoms with van der Waals surface area (Å²) in [5, 5.41) is 4.07. The van der Waals surface area contributed by atoms with E-state index in [-0.39, 0.29) is 24.1 Å². The van der Waals surface area contributed by atoms with Crippen LogP contribution in [0, 0.1) is 19.8 Å². The van der Waals surface area contributed by atoms with Gasteiger partial charge in [-0.05, 0) is 57.4 Å². The molecule has 0 radical (unpaired) electrons. The molecule has 7 heteroatoms. The number of carbonyl (C=O) groups is 2. The zero-order valence-electron chi connectivity index (χ0n) is 17.2. The first-order chi connectivity index (χ1) is 13.4. The van der Waals surface area contributed by atoms with Crippen LogP contribution < -0.4 is 0 Å². The zero-order valence-corrected chi connectivity index (χ0v) is 17.2. The molecule has 1 aromatic heterocycles. The highest BCUT2D eigenvalue weighted by molar-refractivity contribution is 6.01. The van der Waals surface area contributed by atoms with E-state index in [4.69, 9.17) is 9.26 Å². The van der Waals surface area contributed by atoms with Crippen LogP contribution in [0.3, 0.4) is 0 Å². The Kier molecular flexibility index (Phi) is 4.93. The largest absolute Gasteiger partial charge is 0.466 e. The van der Waals surface area contributed by atoms with Crippen LogP contribution in [0.1, 0.15) is 56.0 Å². The van der Waals surface area contributed by atoms with E-state index in [1.807, 2.05) is 23.6 Å². The van der Waals surface area contributed by atoms with Crippen LogP contribution in [0.2, 0.25) is 0 Å². The van der Waals surface area contributed by atoms with Crippen molar-refractivity contribution in [3.63, 3.8) is 0 Å². The second-order valence-corrected chi connectivity index (χ2v) is 8.39. The van der Waals surface area contributed by atoms with Crippen LogP contribution >= 0.6 is 0 Å². The summed E-state index contributed by atoms with van der Waals surface area (Å²) in [5.41, 5.74) is 3.21. The number of nitrogens with zero attached hydrogens (tertiary/aromatic N) is 3. The van der Waals surface area contributed by atoms with E-state index in [2.05, 4.69) is 12.1 Å². The first-order valence-corrected chi connectivity index (χ1v) is 10.2. The van der Waals surface area contributed by atoms with Gasteiger partial charge in [0, 0.05) is 24.7 Å². The molecule has 0 aliphatic carbocycles. The Morgan fingerprint density at radius 3 is 2.46 bits per heavy atom. The van der Waals surface area contributed by atoms with Crippen LogP contribution in [0.25, 0.3) is 5.57 Å². The number of hydrogen-bond acceptors (Lipinski definition) is 5. The van der Waals surface area contributed by atoms with Crippen molar-refractivity contribution in [1.82, 2.24) is 15.0 Å². The quantitative estimate of drug-likeness (QED) is 0.728. The van der Waals surface area contributed by atoms with E-state index in [0.29, 0.717) is 23.7 Å². The molecule has 1 aromatic rings. The highest BCUT2D eigenvalue weighted by atomic mass is 16.5. The van der Waals surface area contributed by atoms with Crippen molar-refractivity contribution in [2.24, 2.45) is 5.92 Å². The highest BCUT2D eigenvalue weighted by Gasteiger charge is 2.48. The molecule has 152 valence electrons. The molecule has 3 aliphatic heterocycles. The zero-order chi connectivity index (χ0) is 20.0. The second kappa shape index (κ2) is 7.26. The summed E-state index contributed by atoms with van der Waals surface area (Å²) in [6, 6.07) is -0.0608. The molecule has 28 heavy (non-hydrogen) atoms. The summed E-state index contributed by atoms with van der Waals surface area (Å²) < 4.78 is 10.5. The van der Waals surface area contributed by atoms with Crippen LogP contribution in [-0.4, -0.2) is 59.2 Å². The lowest BCUT2D eigenvalue weighted by molar-refractivity contribution is -0.136. The van der Waals surface area contributed by atoms with Crippen molar-refractivity contribution in [2.75, 3.05) is 20.2 Å². The first-order valence-electron chi connectivity index (χ1n) is 10.2. The summed E-state index contributed by atoms with van der Waals surface area (Å²) in [6.07, 6.45) is 4.41. The van der Waals surface area contributed by atoms with Gasteiger partial charge >= 0.3 is 12.0 Å². The van der Waals surface area contributed by atoms with E-state index >= 15 is 0 Å². The molecule has 2 amide bonds. The molecule has 2 saturated heterocycles. The van der Waals surface area contributed by atoms with Crippen molar-refractivity contribution in [2.45, 2.75) is 65.0 Å². The fourth-order valence-corrected chi connectivity index (χ4v) is 5.09. The van der Waals surface area contributed by atoms with Gasteiger partial charge in [-0.3, -0.25) is 0 Å². The molecule has 0 saturated carbocycles. The van der Waals surface area contributed by atoms with Gasteiger partial charge < -0.3 is 19.1 Å². The Morgan fingerprint density at radius 1 is 1.14 bits per heavy atom. The molecule has 0 spiro atoms. The van der Waals surface area contributed by atoms with Gasteiger partial charge in [0.25, 0.3) is 0 Å². The highest BCUT2D eigenvalue weighted by Crippen LogP contribution is 2.45. The van der Waals surface area contributed by atoms with Crippen LogP contribution in [0.4, 0.5) is 4.79 Å². The van der Waals surface area contributed by atoms with E-state index in [9.17, 15) is 9.59 Å². The third kappa shape index (κ3) is 3.01. The van der Waals surface area contributed by atoms with Gasteiger partial charge in [-0.25, -0.2) is 9.59 Å². The SMILES string of the molecule is COC(=O)C1=C(c2c(C)noc2C)C[C@@H]2CC[C@H]1N2C(=O)N1CCC(C)CC1. The summed E-state index contributed by atoms with van der Waals surface area (Å²) in [4.78, 5) is 30.0. The fourth-order valence-electron chi connectivity index (χ4n) is 5.09. The molecule has 2 fully saturated rings. The summed E-state index contributed by atoms with van der Waals surface area (Å²) in [7, 11) is 1.40. The molecule has 0 aromatic carbocycles. The topological polar surface area (TPSA) is 75.9 Å². The average Bonchev–Trinajstić information content (AvgIpc) is 3.18. The average molecular weight is 387 g/mol. The first kappa shape index (κ1) is 19.0. The molecule has 2 bridgehead atoms. The van der Waals surface area contributed by atoms with Gasteiger partial charge in [-0.15, -0.1) is 0 Å². The molecule has 0 unspecified atom stereocenters. The monoisotopic (exact) mass is 387 g/mol. The molecule has 7 nitrogen and oxygen atoms in total. The third-order valence-corrected chi connectivity index (χ3v) is 6.62. The van der Waals surface area contributed by atoms with Crippen molar-refractivity contribution < 1.29 is 18.8 Å². The number of amides is 2. The summed E-state index contributed by atoms with van der Waals surface area (Å²) >= 11 is 0. The van der Waals surface area contributed by atoms with Gasteiger partial charge in [0.2, 0.25) is 0 Å². The van der Waals surface area contributed by atoms with Gasteiger partial charge in [-0.1, -0.05) is 12.1 Å². The number of urea groups is 1. The number of esters is 1. The second-order valence-electron chi connectivity index (χ2n) is 8.39. The lowest BCUT2D eigenvalue weighted by Gasteiger charge is -2.41. The van der Waals surface area contributed by atoms with Gasteiger partial charge in [0.1, 0.15) is 5.76 Å². The van der Waals surface area contributed by atoms with Crippen LogP contribution in [0.15, 0.2) is 10.1 Å². The van der Waals surface area contributed by atoms with Crippen molar-refractivity contribution >= 4 is 17.6 Å². The Bertz CT molecular complexity index is 800. The maximum atomic E-state index is 13.4. The Morgan fingerprint density at radius 2 is 1.86 bits per heavy atom. The number of ether oxygens (including phenoxy) is 1. The molecule has 3 aliphatic rings. The number of piperidine rings is 1. The van der Waals surface area contributed by atoms with Crippen LogP contribution in [0.5, 0.6) is 0 Å². The van der Waals surface area contributed by atoms with Crippen LogP contribution in [-0.2, 0) is 9.53 Å². The molecule has 4 heterocycles. The van der Waals surface area contributed by atoms with E-state index in [1.54, 1.807) is 0 Å². The van der Waals surface area contributed by atoms with Gasteiger partial charge in [0.15, 0.2) is 0 Å². The van der Waals surface area contributed by atoms with E-state index in [1.165, 1.54) is 7.11 Å². The fraction of sp³-hybridized carbons (Fsp3) is 0.667. The normalized spacial score (nSPS) is 25.4. The lowest BCUT2D eigenvalue weighted by Crippen LogP contribution is -2.53. The minimum Gasteiger partial charge on any atom is -0.466 e. The number of hydrogen-bond donors (Lipinski definition) is 0. The van der Waals surface area contributed by atoms with Crippen molar-refractivity contribution in [3.05, 3.63) is 22.6 Å². The van der Waals surface area contributed by atoms with Gasteiger partial charge in [0.05, 0.1) is 24.4 Å². The predicted molar refractivity (Wildman–Crippen MR) is 104 cm³/mol. The number of rotatable bonds is 2. The number of fused-ring (bicyclic) bond motifs is 2. The Balaban J connectivity index is 1.71. The van der Waals surface area contributed by atoms with Crippen molar-refractivity contribution in [1.29, 1.82) is 0 Å². The number of carbonyl (C=O) groups excluding carboxylic acids is 2. The smallest absolute Gasteiger partial charge is 0.336 e. The summed E-state index contributed by atoms with van der Waals surface area (Å²) in [5.74, 6) is 1.02. The minimum atomic E-state index is -0.356. The maximum Gasteiger partial charge on any atom is 0.336 e. The number of methoxy groups -OCH3 is 1. The Labute approximate surface area is 165 Å². The minimum absolute atomic E-state index is 0.0682. The molecule has 0 N–H and O–H groups in total. The maximum absolute atomic E-state index is 13.4. The van der Waals surface area contributed by atoms with E-state index < -0.39 is 0 Å². The van der Waals surface area contributed by atoms with Crippen molar-refractivity contribution in [3.8, 4) is 0 Å². The predicted octanol–water partition coefficient (Wildman–Crippen LogP) is 3.31. The molecule has 4 rings (SSSR count). The molecular formula is C21H29N3O4. The molecular weight excluding hydrogens is 358 g/mol. The molecule has 2 atom stereocenters. The lowest BCUT2D eigenvalue weighted by atomic mass is 9.87.